The van der Waals surface area contributed by atoms with Crippen LogP contribution in [-0.2, 0) is 14.3 Å². The molecule has 1 fully saturated rings. The van der Waals surface area contributed by atoms with Crippen LogP contribution in [0.1, 0.15) is 25.7 Å². The molecule has 0 aromatic heterocycles. The molecule has 17 heavy (non-hydrogen) atoms. The number of hydrogen-bond donors (Lipinski definition) is 2. The molecular weight excluding hydrogens is 224 g/mol. The first-order valence-corrected chi connectivity index (χ1v) is 5.85. The van der Waals surface area contributed by atoms with Crippen LogP contribution in [0.3, 0.4) is 0 Å². The zero-order valence-electron chi connectivity index (χ0n) is 10.1. The molecule has 1 saturated heterocycles. The Morgan fingerprint density at radius 1 is 1.53 bits per heavy atom. The highest BCUT2D eigenvalue weighted by atomic mass is 16.5. The second-order valence-electron chi connectivity index (χ2n) is 4.27. The largest absolute Gasteiger partial charge is 0.480 e. The Bertz CT molecular complexity index is 283. The third-order valence-electron chi connectivity index (χ3n) is 3.02. The summed E-state index contributed by atoms with van der Waals surface area (Å²) in [6.45, 7) is 0.884. The zero-order valence-corrected chi connectivity index (χ0v) is 10.1. The molecule has 1 aliphatic rings. The molecule has 2 unspecified atom stereocenters. The van der Waals surface area contributed by atoms with Crippen LogP contribution in [0.25, 0.3) is 0 Å². The summed E-state index contributed by atoms with van der Waals surface area (Å²) in [7, 11) is 1.54. The quantitative estimate of drug-likeness (QED) is 0.699. The minimum absolute atomic E-state index is 0.283. The second-order valence-corrected chi connectivity index (χ2v) is 4.27. The van der Waals surface area contributed by atoms with Gasteiger partial charge in [-0.3, -0.25) is 4.79 Å². The van der Waals surface area contributed by atoms with Crippen LogP contribution < -0.4 is 5.73 Å². The van der Waals surface area contributed by atoms with Crippen molar-refractivity contribution in [3.05, 3.63) is 0 Å². The SMILES string of the molecule is COCCC(N)C(=O)N1CCCCC1C(=O)O. The number of nitrogens with zero attached hydrogens (tertiary/aromatic N) is 1. The molecule has 0 spiro atoms. The topological polar surface area (TPSA) is 92.9 Å². The molecule has 3 N–H and O–H groups in total. The summed E-state index contributed by atoms with van der Waals surface area (Å²) in [6.07, 6.45) is 2.61. The van der Waals surface area contributed by atoms with Crippen molar-refractivity contribution in [2.24, 2.45) is 5.73 Å². The lowest BCUT2D eigenvalue weighted by Gasteiger charge is -2.34. The van der Waals surface area contributed by atoms with Gasteiger partial charge in [0.2, 0.25) is 5.91 Å². The Morgan fingerprint density at radius 2 is 2.24 bits per heavy atom. The van der Waals surface area contributed by atoms with Crippen molar-refractivity contribution in [3.63, 3.8) is 0 Å². The average molecular weight is 244 g/mol. The van der Waals surface area contributed by atoms with Crippen LogP contribution in [-0.4, -0.2) is 54.2 Å². The molecule has 1 aliphatic heterocycles. The van der Waals surface area contributed by atoms with Gasteiger partial charge in [-0.25, -0.2) is 4.79 Å². The number of hydrogen-bond acceptors (Lipinski definition) is 4. The Hall–Kier alpha value is -1.14. The predicted molar refractivity (Wildman–Crippen MR) is 61.5 cm³/mol. The van der Waals surface area contributed by atoms with Gasteiger partial charge in [0, 0.05) is 20.3 Å². The molecule has 0 bridgehead atoms. The number of rotatable bonds is 5. The Kier molecular flexibility index (Phi) is 5.37. The molecule has 98 valence electrons. The summed E-state index contributed by atoms with van der Waals surface area (Å²) in [6, 6.07) is -1.39. The maximum absolute atomic E-state index is 12.0. The molecule has 0 radical (unpaired) electrons. The Morgan fingerprint density at radius 3 is 2.82 bits per heavy atom. The number of carbonyl (C=O) groups is 2. The smallest absolute Gasteiger partial charge is 0.326 e. The number of carbonyl (C=O) groups excluding carboxylic acids is 1. The van der Waals surface area contributed by atoms with E-state index in [2.05, 4.69) is 0 Å². The molecule has 1 rings (SSSR count). The predicted octanol–water partition coefficient (Wildman–Crippen LogP) is -0.184. The highest BCUT2D eigenvalue weighted by Crippen LogP contribution is 2.18. The number of likely N-dealkylation sites (tertiary alicyclic amines) is 1. The Labute approximate surface area is 101 Å². The normalized spacial score (nSPS) is 22.2. The van der Waals surface area contributed by atoms with Crippen LogP contribution in [0.4, 0.5) is 0 Å². The molecule has 0 saturated carbocycles. The number of piperidine rings is 1. The van der Waals surface area contributed by atoms with Crippen molar-refractivity contribution in [2.75, 3.05) is 20.3 Å². The van der Waals surface area contributed by atoms with Crippen molar-refractivity contribution in [3.8, 4) is 0 Å². The van der Waals surface area contributed by atoms with Crippen molar-refractivity contribution >= 4 is 11.9 Å². The lowest BCUT2D eigenvalue weighted by atomic mass is 10.0. The first-order chi connectivity index (χ1) is 8.07. The average Bonchev–Trinajstić information content (AvgIpc) is 2.34. The maximum atomic E-state index is 12.0. The lowest BCUT2D eigenvalue weighted by molar-refractivity contribution is -0.152. The van der Waals surface area contributed by atoms with E-state index in [4.69, 9.17) is 15.6 Å². The molecular formula is C11H20N2O4. The molecule has 1 heterocycles. The molecule has 6 heteroatoms. The third kappa shape index (κ3) is 3.67. The fourth-order valence-electron chi connectivity index (χ4n) is 2.03. The molecule has 0 aromatic rings. The number of carboxylic acid groups (broad SMARTS) is 1. The van der Waals surface area contributed by atoms with E-state index >= 15 is 0 Å². The van der Waals surface area contributed by atoms with Gasteiger partial charge in [-0.15, -0.1) is 0 Å². The van der Waals surface area contributed by atoms with Gasteiger partial charge in [-0.1, -0.05) is 0 Å². The van der Waals surface area contributed by atoms with Gasteiger partial charge in [0.1, 0.15) is 6.04 Å². The van der Waals surface area contributed by atoms with E-state index in [9.17, 15) is 9.59 Å². The van der Waals surface area contributed by atoms with Crippen LogP contribution in [0.15, 0.2) is 0 Å². The zero-order chi connectivity index (χ0) is 12.8. The number of nitrogens with two attached hydrogens (primary N) is 1. The van der Waals surface area contributed by atoms with E-state index < -0.39 is 18.1 Å². The van der Waals surface area contributed by atoms with E-state index in [-0.39, 0.29) is 5.91 Å². The lowest BCUT2D eigenvalue weighted by Crippen LogP contribution is -2.53. The fraction of sp³-hybridized carbons (Fsp3) is 0.818. The summed E-state index contributed by atoms with van der Waals surface area (Å²) < 4.78 is 4.86. The highest BCUT2D eigenvalue weighted by Gasteiger charge is 2.33. The fourth-order valence-corrected chi connectivity index (χ4v) is 2.03. The van der Waals surface area contributed by atoms with Gasteiger partial charge < -0.3 is 20.5 Å². The van der Waals surface area contributed by atoms with E-state index in [0.717, 1.165) is 12.8 Å². The van der Waals surface area contributed by atoms with Gasteiger partial charge in [0.05, 0.1) is 6.04 Å². The van der Waals surface area contributed by atoms with Gasteiger partial charge in [-0.05, 0) is 25.7 Å². The minimum Gasteiger partial charge on any atom is -0.480 e. The first-order valence-electron chi connectivity index (χ1n) is 5.85. The van der Waals surface area contributed by atoms with Crippen molar-refractivity contribution in [1.82, 2.24) is 4.90 Å². The second kappa shape index (κ2) is 6.56. The molecule has 0 aromatic carbocycles. The highest BCUT2D eigenvalue weighted by molar-refractivity contribution is 5.87. The van der Waals surface area contributed by atoms with Crippen molar-refractivity contribution in [1.29, 1.82) is 0 Å². The first kappa shape index (κ1) is 13.9. The standard InChI is InChI=1S/C11H20N2O4/c1-17-7-5-8(12)10(14)13-6-3-2-4-9(13)11(15)16/h8-9H,2-7,12H2,1H3,(H,15,16). The molecule has 6 nitrogen and oxygen atoms in total. The molecule has 1 amide bonds. The summed E-state index contributed by atoms with van der Waals surface area (Å²) in [5, 5.41) is 9.06. The minimum atomic E-state index is -0.947. The number of aliphatic carboxylic acids is 1. The maximum Gasteiger partial charge on any atom is 0.326 e. The van der Waals surface area contributed by atoms with E-state index in [1.165, 1.54) is 12.0 Å². The van der Waals surface area contributed by atoms with Crippen LogP contribution in [0.2, 0.25) is 0 Å². The number of methoxy groups -OCH3 is 1. The van der Waals surface area contributed by atoms with E-state index in [1.807, 2.05) is 0 Å². The van der Waals surface area contributed by atoms with Gasteiger partial charge in [0.25, 0.3) is 0 Å². The monoisotopic (exact) mass is 244 g/mol. The summed E-state index contributed by atoms with van der Waals surface area (Å²) in [5.41, 5.74) is 5.73. The van der Waals surface area contributed by atoms with Gasteiger partial charge in [-0.2, -0.15) is 0 Å². The van der Waals surface area contributed by atoms with Gasteiger partial charge in [0.15, 0.2) is 0 Å². The van der Waals surface area contributed by atoms with E-state index in [0.29, 0.717) is 26.0 Å². The van der Waals surface area contributed by atoms with Crippen molar-refractivity contribution in [2.45, 2.75) is 37.8 Å². The van der Waals surface area contributed by atoms with Crippen LogP contribution in [0, 0.1) is 0 Å². The van der Waals surface area contributed by atoms with Gasteiger partial charge >= 0.3 is 5.97 Å². The van der Waals surface area contributed by atoms with E-state index in [1.54, 1.807) is 0 Å². The van der Waals surface area contributed by atoms with Crippen LogP contribution in [0.5, 0.6) is 0 Å². The Balaban J connectivity index is 2.61. The third-order valence-corrected chi connectivity index (χ3v) is 3.02. The summed E-state index contributed by atoms with van der Waals surface area (Å²) in [4.78, 5) is 24.4. The molecule has 0 aliphatic carbocycles. The molecule has 2 atom stereocenters. The number of carboxylic acids is 1. The van der Waals surface area contributed by atoms with Crippen molar-refractivity contribution < 1.29 is 19.4 Å². The summed E-state index contributed by atoms with van der Waals surface area (Å²) >= 11 is 0. The summed E-state index contributed by atoms with van der Waals surface area (Å²) in [5.74, 6) is -1.23. The van der Waals surface area contributed by atoms with Crippen LogP contribution >= 0.6 is 0 Å². The number of amides is 1. The number of ether oxygens (including phenoxy) is 1.